The van der Waals surface area contributed by atoms with Gasteiger partial charge >= 0.3 is 0 Å². The third-order valence-corrected chi connectivity index (χ3v) is 3.21. The normalized spacial score (nSPS) is 13.5. The first-order chi connectivity index (χ1) is 8.92. The molecular formula is C17H29NO. The van der Waals surface area contributed by atoms with Crippen LogP contribution in [0.1, 0.15) is 51.2 Å². The molecule has 0 aliphatic rings. The highest BCUT2D eigenvalue weighted by molar-refractivity contribution is 5.25. The van der Waals surface area contributed by atoms with Crippen molar-refractivity contribution in [3.63, 3.8) is 0 Å². The molecule has 0 heterocycles. The summed E-state index contributed by atoms with van der Waals surface area (Å²) in [5.41, 5.74) is 2.90. The minimum absolute atomic E-state index is 0.160. The molecule has 0 aliphatic carbocycles. The standard InChI is InChI=1S/C17H29NO/c1-6-19-11-10-16(13-18-17(3,4)5)15-9-7-8-14(2)12-15/h7-9,12,16,18H,6,10-11,13H2,1-5H3. The van der Waals surface area contributed by atoms with Crippen molar-refractivity contribution in [2.75, 3.05) is 19.8 Å². The van der Waals surface area contributed by atoms with Crippen LogP contribution in [0.25, 0.3) is 0 Å². The van der Waals surface area contributed by atoms with Gasteiger partial charge in [-0.2, -0.15) is 0 Å². The number of rotatable bonds is 7. The van der Waals surface area contributed by atoms with E-state index in [9.17, 15) is 0 Å². The van der Waals surface area contributed by atoms with Crippen LogP contribution in [0.4, 0.5) is 0 Å². The molecule has 1 atom stereocenters. The van der Waals surface area contributed by atoms with Crippen molar-refractivity contribution in [3.05, 3.63) is 35.4 Å². The largest absolute Gasteiger partial charge is 0.382 e. The highest BCUT2D eigenvalue weighted by Crippen LogP contribution is 2.21. The fourth-order valence-corrected chi connectivity index (χ4v) is 2.11. The fraction of sp³-hybridized carbons (Fsp3) is 0.647. The molecule has 1 unspecified atom stereocenters. The van der Waals surface area contributed by atoms with E-state index in [1.54, 1.807) is 0 Å². The highest BCUT2D eigenvalue weighted by atomic mass is 16.5. The Morgan fingerprint density at radius 2 is 2.00 bits per heavy atom. The number of nitrogens with one attached hydrogen (secondary N) is 1. The van der Waals surface area contributed by atoms with Crippen LogP contribution >= 0.6 is 0 Å². The maximum Gasteiger partial charge on any atom is 0.0472 e. The second-order valence-corrected chi connectivity index (χ2v) is 6.23. The average Bonchev–Trinajstić information content (AvgIpc) is 2.32. The summed E-state index contributed by atoms with van der Waals surface area (Å²) in [5, 5.41) is 3.61. The van der Waals surface area contributed by atoms with Crippen molar-refractivity contribution in [2.24, 2.45) is 0 Å². The Morgan fingerprint density at radius 3 is 2.58 bits per heavy atom. The Labute approximate surface area is 118 Å². The van der Waals surface area contributed by atoms with Crippen molar-refractivity contribution < 1.29 is 4.74 Å². The van der Waals surface area contributed by atoms with Gasteiger partial charge in [0.25, 0.3) is 0 Å². The van der Waals surface area contributed by atoms with Gasteiger partial charge in [-0.15, -0.1) is 0 Å². The van der Waals surface area contributed by atoms with Gasteiger partial charge in [-0.05, 0) is 52.5 Å². The molecule has 0 fully saturated rings. The first kappa shape index (κ1) is 16.2. The van der Waals surface area contributed by atoms with E-state index in [1.165, 1.54) is 11.1 Å². The molecule has 2 nitrogen and oxygen atoms in total. The monoisotopic (exact) mass is 263 g/mol. The molecular weight excluding hydrogens is 234 g/mol. The summed E-state index contributed by atoms with van der Waals surface area (Å²) < 4.78 is 5.52. The molecule has 0 saturated heterocycles. The van der Waals surface area contributed by atoms with E-state index >= 15 is 0 Å². The third kappa shape index (κ3) is 6.74. The van der Waals surface area contributed by atoms with Gasteiger partial charge in [0.2, 0.25) is 0 Å². The van der Waals surface area contributed by atoms with Gasteiger partial charge < -0.3 is 10.1 Å². The van der Waals surface area contributed by atoms with Crippen LogP contribution in [0.3, 0.4) is 0 Å². The van der Waals surface area contributed by atoms with Crippen LogP contribution in [-0.2, 0) is 4.74 Å². The van der Waals surface area contributed by atoms with Crippen molar-refractivity contribution in [2.45, 2.75) is 52.5 Å². The summed E-state index contributed by atoms with van der Waals surface area (Å²) in [4.78, 5) is 0. The zero-order valence-corrected chi connectivity index (χ0v) is 13.1. The van der Waals surface area contributed by atoms with Gasteiger partial charge in [0.15, 0.2) is 0 Å². The molecule has 0 radical (unpaired) electrons. The van der Waals surface area contributed by atoms with Gasteiger partial charge in [0.1, 0.15) is 0 Å². The molecule has 108 valence electrons. The Morgan fingerprint density at radius 1 is 1.26 bits per heavy atom. The SMILES string of the molecule is CCOCCC(CNC(C)(C)C)c1cccc(C)c1. The van der Waals surface area contributed by atoms with Crippen molar-refractivity contribution >= 4 is 0 Å². The quantitative estimate of drug-likeness (QED) is 0.753. The topological polar surface area (TPSA) is 21.3 Å². The minimum atomic E-state index is 0.160. The van der Waals surface area contributed by atoms with E-state index < -0.39 is 0 Å². The van der Waals surface area contributed by atoms with Crippen LogP contribution in [0.2, 0.25) is 0 Å². The number of ether oxygens (including phenoxy) is 1. The number of hydrogen-bond acceptors (Lipinski definition) is 2. The Hall–Kier alpha value is -0.860. The maximum atomic E-state index is 5.52. The van der Waals surface area contributed by atoms with Gasteiger partial charge in [-0.3, -0.25) is 0 Å². The number of benzene rings is 1. The predicted molar refractivity (Wildman–Crippen MR) is 82.8 cm³/mol. The van der Waals surface area contributed by atoms with Crippen molar-refractivity contribution in [1.82, 2.24) is 5.32 Å². The molecule has 19 heavy (non-hydrogen) atoms. The lowest BCUT2D eigenvalue weighted by Gasteiger charge is -2.26. The van der Waals surface area contributed by atoms with Crippen molar-refractivity contribution in [1.29, 1.82) is 0 Å². The lowest BCUT2D eigenvalue weighted by atomic mass is 9.93. The lowest BCUT2D eigenvalue weighted by Crippen LogP contribution is -2.38. The molecule has 0 saturated carbocycles. The van der Waals surface area contributed by atoms with Gasteiger partial charge in [0, 0.05) is 25.3 Å². The number of aryl methyl sites for hydroxylation is 1. The lowest BCUT2D eigenvalue weighted by molar-refractivity contribution is 0.138. The molecule has 0 bridgehead atoms. The van der Waals surface area contributed by atoms with E-state index in [-0.39, 0.29) is 5.54 Å². The maximum absolute atomic E-state index is 5.52. The van der Waals surface area contributed by atoms with Gasteiger partial charge in [-0.25, -0.2) is 0 Å². The molecule has 1 aromatic rings. The minimum Gasteiger partial charge on any atom is -0.382 e. The summed E-state index contributed by atoms with van der Waals surface area (Å²) in [5.74, 6) is 0.519. The summed E-state index contributed by atoms with van der Waals surface area (Å²) in [6, 6.07) is 8.82. The van der Waals surface area contributed by atoms with Crippen molar-refractivity contribution in [3.8, 4) is 0 Å². The average molecular weight is 263 g/mol. The Bertz CT molecular complexity index is 368. The van der Waals surface area contributed by atoms with Crippen LogP contribution in [0.15, 0.2) is 24.3 Å². The van der Waals surface area contributed by atoms with E-state index in [0.29, 0.717) is 5.92 Å². The Balaban J connectivity index is 2.68. The molecule has 0 aliphatic heterocycles. The molecule has 1 aromatic carbocycles. The zero-order valence-electron chi connectivity index (χ0n) is 13.1. The summed E-state index contributed by atoms with van der Waals surface area (Å²) in [6.45, 7) is 13.5. The molecule has 1 rings (SSSR count). The second-order valence-electron chi connectivity index (χ2n) is 6.23. The first-order valence-corrected chi connectivity index (χ1v) is 7.31. The summed E-state index contributed by atoms with van der Waals surface area (Å²) in [7, 11) is 0. The van der Waals surface area contributed by atoms with Gasteiger partial charge in [0.05, 0.1) is 0 Å². The molecule has 2 heteroatoms. The summed E-state index contributed by atoms with van der Waals surface area (Å²) >= 11 is 0. The molecule has 0 spiro atoms. The summed E-state index contributed by atoms with van der Waals surface area (Å²) in [6.07, 6.45) is 1.07. The van der Waals surface area contributed by atoms with Crippen LogP contribution in [0.5, 0.6) is 0 Å². The van der Waals surface area contributed by atoms with E-state index in [2.05, 4.69) is 64.2 Å². The first-order valence-electron chi connectivity index (χ1n) is 7.31. The fourth-order valence-electron chi connectivity index (χ4n) is 2.11. The van der Waals surface area contributed by atoms with E-state index in [0.717, 1.165) is 26.2 Å². The zero-order chi connectivity index (χ0) is 14.3. The predicted octanol–water partition coefficient (Wildman–Crippen LogP) is 3.89. The molecule has 1 N–H and O–H groups in total. The Kier molecular flexibility index (Phi) is 6.53. The molecule has 0 amide bonds. The smallest absolute Gasteiger partial charge is 0.0472 e. The van der Waals surface area contributed by atoms with Crippen LogP contribution < -0.4 is 5.32 Å². The second kappa shape index (κ2) is 7.66. The van der Waals surface area contributed by atoms with Gasteiger partial charge in [-0.1, -0.05) is 29.8 Å². The number of hydrogen-bond donors (Lipinski definition) is 1. The van der Waals surface area contributed by atoms with E-state index in [1.807, 2.05) is 0 Å². The van der Waals surface area contributed by atoms with E-state index in [4.69, 9.17) is 4.74 Å². The molecule has 0 aromatic heterocycles. The highest BCUT2D eigenvalue weighted by Gasteiger charge is 2.16. The van der Waals surface area contributed by atoms with Crippen LogP contribution in [-0.4, -0.2) is 25.3 Å². The third-order valence-electron chi connectivity index (χ3n) is 3.21. The van der Waals surface area contributed by atoms with Crippen LogP contribution in [0, 0.1) is 6.92 Å².